The maximum atomic E-state index is 14.1. The van der Waals surface area contributed by atoms with Crippen LogP contribution in [-0.4, -0.2) is 48.1 Å². The molecule has 12 heteroatoms. The molecule has 2 aromatic rings. The molecule has 1 fully saturated rings. The molecule has 0 aliphatic carbocycles. The third-order valence-corrected chi connectivity index (χ3v) is 7.75. The minimum Gasteiger partial charge on any atom is -0.350 e. The van der Waals surface area contributed by atoms with Crippen molar-refractivity contribution >= 4 is 21.8 Å². The second-order valence-electron chi connectivity index (χ2n) is 8.66. The summed E-state index contributed by atoms with van der Waals surface area (Å²) < 4.78 is 68.6. The summed E-state index contributed by atoms with van der Waals surface area (Å²) in [6.07, 6.45) is 5.34. The van der Waals surface area contributed by atoms with E-state index < -0.39 is 62.7 Å². The average molecular weight is 529 g/mol. The molecule has 2 N–H and O–H groups in total. The summed E-state index contributed by atoms with van der Waals surface area (Å²) in [5.41, 5.74) is -0.0167. The van der Waals surface area contributed by atoms with Gasteiger partial charge in [0, 0.05) is 44.6 Å². The van der Waals surface area contributed by atoms with Crippen LogP contribution in [0.4, 0.5) is 13.2 Å². The number of benzene rings is 1. The Balaban J connectivity index is 0.00000481. The summed E-state index contributed by atoms with van der Waals surface area (Å²) in [6, 6.07) is 2.31. The number of pyridine rings is 1. The van der Waals surface area contributed by atoms with Gasteiger partial charge in [-0.05, 0) is 30.9 Å². The first-order valence-corrected chi connectivity index (χ1v) is 13.3. The minimum atomic E-state index is -4.34. The number of rotatable bonds is 10. The quantitative estimate of drug-likeness (QED) is 0.493. The zero-order chi connectivity index (χ0) is 26.3. The summed E-state index contributed by atoms with van der Waals surface area (Å²) in [4.78, 5) is 29.9. The van der Waals surface area contributed by atoms with Gasteiger partial charge in [0.1, 0.15) is 29.5 Å². The molecule has 1 aliphatic heterocycles. The second kappa shape index (κ2) is 12.3. The van der Waals surface area contributed by atoms with Crippen LogP contribution in [0.3, 0.4) is 0 Å². The Kier molecular flexibility index (Phi) is 9.43. The molecule has 0 bridgehead atoms. The van der Waals surface area contributed by atoms with E-state index in [2.05, 4.69) is 15.6 Å². The van der Waals surface area contributed by atoms with E-state index in [-0.39, 0.29) is 20.9 Å². The van der Waals surface area contributed by atoms with Gasteiger partial charge < -0.3 is 10.6 Å². The zero-order valence-electron chi connectivity index (χ0n) is 19.8. The normalized spacial score (nSPS) is 17.4. The van der Waals surface area contributed by atoms with E-state index >= 15 is 0 Å². The molecule has 2 atom stereocenters. The van der Waals surface area contributed by atoms with Gasteiger partial charge in [-0.25, -0.2) is 21.6 Å². The fourth-order valence-electron chi connectivity index (χ4n) is 4.12. The Morgan fingerprint density at radius 1 is 1.22 bits per heavy atom. The monoisotopic (exact) mass is 528 g/mol. The largest absolute Gasteiger partial charge is 0.350 e. The molecule has 36 heavy (non-hydrogen) atoms. The number of hydrogen-bond donors (Lipinski definition) is 2. The maximum Gasteiger partial charge on any atom is 0.242 e. The molecule has 2 amide bonds. The molecule has 0 spiro atoms. The van der Waals surface area contributed by atoms with Gasteiger partial charge in [0.15, 0.2) is 0 Å². The van der Waals surface area contributed by atoms with Gasteiger partial charge in [0.25, 0.3) is 0 Å². The predicted molar refractivity (Wildman–Crippen MR) is 128 cm³/mol. The van der Waals surface area contributed by atoms with Crippen LogP contribution in [0, 0.1) is 17.5 Å². The van der Waals surface area contributed by atoms with Crippen LogP contribution in [0.15, 0.2) is 36.7 Å². The van der Waals surface area contributed by atoms with Crippen LogP contribution in [0.1, 0.15) is 51.6 Å². The summed E-state index contributed by atoms with van der Waals surface area (Å²) >= 11 is 0. The average Bonchev–Trinajstić information content (AvgIpc) is 2.85. The third-order valence-electron chi connectivity index (χ3n) is 5.95. The lowest BCUT2D eigenvalue weighted by Crippen LogP contribution is -2.56. The van der Waals surface area contributed by atoms with Crippen molar-refractivity contribution in [1.82, 2.24) is 19.9 Å². The molecule has 0 radical (unpaired) electrons. The van der Waals surface area contributed by atoms with Crippen molar-refractivity contribution in [1.29, 1.82) is 0 Å². The number of halogens is 3. The first-order chi connectivity index (χ1) is 17.1. The summed E-state index contributed by atoms with van der Waals surface area (Å²) in [5.74, 6) is -5.93. The third kappa shape index (κ3) is 7.03. The van der Waals surface area contributed by atoms with Crippen molar-refractivity contribution in [2.24, 2.45) is 0 Å². The van der Waals surface area contributed by atoms with Gasteiger partial charge in [-0.1, -0.05) is 25.8 Å². The Morgan fingerprint density at radius 2 is 1.94 bits per heavy atom. The fourth-order valence-corrected chi connectivity index (χ4v) is 5.92. The molecule has 1 aromatic carbocycles. The number of carbonyl (C=O) groups is 2. The highest BCUT2D eigenvalue weighted by atomic mass is 32.2. The Labute approximate surface area is 209 Å². The van der Waals surface area contributed by atoms with Crippen LogP contribution >= 0.6 is 0 Å². The standard InChI is InChI=1S/C24H29F3N4O4S.H2/c1-2-6-21(23(32)29-14-16-7-5-9-28-13-16)30-24(33)22-8-3-4-10-31(22)36(34,35)15-18-19(26)11-17(25)12-20(18)27;/h5,7,9,11-13,21-22H,2-4,6,8,10,14-15H2,1H3,(H,29,32)(H,30,33);1H. The van der Waals surface area contributed by atoms with Gasteiger partial charge in [0.2, 0.25) is 21.8 Å². The molecular formula is C24H31F3N4O4S. The second-order valence-corrected chi connectivity index (χ2v) is 10.6. The van der Waals surface area contributed by atoms with Crippen LogP contribution in [-0.2, 0) is 31.9 Å². The van der Waals surface area contributed by atoms with Crippen molar-refractivity contribution in [3.63, 3.8) is 0 Å². The number of hydrogen-bond acceptors (Lipinski definition) is 5. The van der Waals surface area contributed by atoms with Crippen molar-refractivity contribution in [3.05, 3.63) is 65.2 Å². The molecule has 0 saturated carbocycles. The Morgan fingerprint density at radius 3 is 2.58 bits per heavy atom. The lowest BCUT2D eigenvalue weighted by atomic mass is 10.0. The molecular weight excluding hydrogens is 497 g/mol. The molecule has 3 rings (SSSR count). The van der Waals surface area contributed by atoms with E-state index in [0.29, 0.717) is 37.8 Å². The summed E-state index contributed by atoms with van der Waals surface area (Å²) in [7, 11) is -4.34. The number of carbonyl (C=O) groups excluding carboxylic acids is 2. The summed E-state index contributed by atoms with van der Waals surface area (Å²) in [6.45, 7) is 2.04. The SMILES string of the molecule is CCCC(NC(=O)C1CCCCN1S(=O)(=O)Cc1c(F)cc(F)cc1F)C(=O)NCc1cccnc1.[HH]. The number of nitrogens with one attached hydrogen (secondary N) is 2. The molecule has 1 aliphatic rings. The highest BCUT2D eigenvalue weighted by molar-refractivity contribution is 7.88. The Hall–Kier alpha value is -2.99. The number of amides is 2. The predicted octanol–water partition coefficient (Wildman–Crippen LogP) is 3.03. The van der Waals surface area contributed by atoms with E-state index in [1.165, 1.54) is 0 Å². The van der Waals surface area contributed by atoms with E-state index in [4.69, 9.17) is 0 Å². The summed E-state index contributed by atoms with van der Waals surface area (Å²) in [5, 5.41) is 5.39. The lowest BCUT2D eigenvalue weighted by molar-refractivity contribution is -0.131. The van der Waals surface area contributed by atoms with Crippen molar-refractivity contribution in [2.45, 2.75) is 63.4 Å². The number of sulfonamides is 1. The van der Waals surface area contributed by atoms with Gasteiger partial charge in [-0.2, -0.15) is 4.31 Å². The smallest absolute Gasteiger partial charge is 0.242 e. The van der Waals surface area contributed by atoms with E-state index in [0.717, 1.165) is 9.87 Å². The lowest BCUT2D eigenvalue weighted by Gasteiger charge is -2.34. The molecule has 8 nitrogen and oxygen atoms in total. The van der Waals surface area contributed by atoms with Crippen LogP contribution < -0.4 is 10.6 Å². The fraction of sp³-hybridized carbons (Fsp3) is 0.458. The van der Waals surface area contributed by atoms with Crippen molar-refractivity contribution in [3.8, 4) is 0 Å². The van der Waals surface area contributed by atoms with Gasteiger partial charge in [-0.3, -0.25) is 14.6 Å². The topological polar surface area (TPSA) is 108 Å². The maximum absolute atomic E-state index is 14.1. The number of piperidine rings is 1. The highest BCUT2D eigenvalue weighted by Crippen LogP contribution is 2.25. The molecule has 1 saturated heterocycles. The molecule has 1 aromatic heterocycles. The highest BCUT2D eigenvalue weighted by Gasteiger charge is 2.38. The molecule has 198 valence electrons. The molecule has 2 unspecified atom stereocenters. The minimum absolute atomic E-state index is 0. The van der Waals surface area contributed by atoms with Gasteiger partial charge >= 0.3 is 0 Å². The molecule has 2 heterocycles. The van der Waals surface area contributed by atoms with Gasteiger partial charge in [0.05, 0.1) is 5.75 Å². The van der Waals surface area contributed by atoms with E-state index in [9.17, 15) is 31.2 Å². The number of aromatic nitrogens is 1. The van der Waals surface area contributed by atoms with Gasteiger partial charge in [-0.15, -0.1) is 0 Å². The van der Waals surface area contributed by atoms with Crippen LogP contribution in [0.2, 0.25) is 0 Å². The van der Waals surface area contributed by atoms with Crippen molar-refractivity contribution in [2.75, 3.05) is 6.54 Å². The first-order valence-electron chi connectivity index (χ1n) is 11.7. The van der Waals surface area contributed by atoms with Crippen molar-refractivity contribution < 1.29 is 32.6 Å². The number of nitrogens with zero attached hydrogens (tertiary/aromatic N) is 2. The zero-order valence-corrected chi connectivity index (χ0v) is 20.7. The first kappa shape index (κ1) is 27.6. The Bertz CT molecular complexity index is 1160. The van der Waals surface area contributed by atoms with Crippen LogP contribution in [0.25, 0.3) is 0 Å². The van der Waals surface area contributed by atoms with E-state index in [1.54, 1.807) is 24.5 Å². The van der Waals surface area contributed by atoms with Crippen LogP contribution in [0.5, 0.6) is 0 Å². The van der Waals surface area contributed by atoms with E-state index in [1.807, 2.05) is 6.92 Å².